The number of esters is 1. The Labute approximate surface area is 235 Å². The molecular weight excluding hydrogens is 488 g/mol. The number of carbonyl (C=O) groups is 1. The minimum absolute atomic E-state index is 0.123. The van der Waals surface area contributed by atoms with E-state index in [1.165, 1.54) is 77.0 Å². The molecule has 38 heavy (non-hydrogen) atoms. The van der Waals surface area contributed by atoms with Gasteiger partial charge in [-0.05, 0) is 99.8 Å². The van der Waals surface area contributed by atoms with Crippen LogP contribution < -0.4 is 0 Å². The van der Waals surface area contributed by atoms with Gasteiger partial charge in [-0.2, -0.15) is 0 Å². The van der Waals surface area contributed by atoms with Crippen LogP contribution >= 0.6 is 0 Å². The average Bonchev–Trinajstić information content (AvgIpc) is 2.95. The van der Waals surface area contributed by atoms with Crippen molar-refractivity contribution in [1.82, 2.24) is 0 Å². The zero-order chi connectivity index (χ0) is 27.4. The Morgan fingerprint density at radius 1 is 0.763 bits per heavy atom. The van der Waals surface area contributed by atoms with Crippen LogP contribution in [-0.4, -0.2) is 45.1 Å². The molecule has 3 aliphatic carbocycles. The summed E-state index contributed by atoms with van der Waals surface area (Å²) in [7, 11) is -1.00. The normalized spacial score (nSPS) is 30.6. The van der Waals surface area contributed by atoms with Crippen LogP contribution in [0.5, 0.6) is 0 Å². The van der Waals surface area contributed by atoms with E-state index in [1.807, 2.05) is 0 Å². The van der Waals surface area contributed by atoms with Gasteiger partial charge in [-0.15, -0.1) is 0 Å². The lowest BCUT2D eigenvalue weighted by Crippen LogP contribution is -2.36. The first kappa shape index (κ1) is 31.9. The van der Waals surface area contributed by atoms with Crippen molar-refractivity contribution in [3.63, 3.8) is 0 Å². The van der Waals surface area contributed by atoms with Crippen molar-refractivity contribution in [3.8, 4) is 0 Å². The highest BCUT2D eigenvalue weighted by Gasteiger charge is 2.38. The summed E-state index contributed by atoms with van der Waals surface area (Å²) in [4.78, 5) is 11.5. The maximum atomic E-state index is 11.5. The summed E-state index contributed by atoms with van der Waals surface area (Å²) in [6.45, 7) is 12.1. The van der Waals surface area contributed by atoms with E-state index in [0.29, 0.717) is 12.7 Å². The third-order valence-electron chi connectivity index (χ3n) is 10.8. The van der Waals surface area contributed by atoms with Gasteiger partial charge in [0.25, 0.3) is 0 Å². The van der Waals surface area contributed by atoms with E-state index in [0.717, 1.165) is 55.1 Å². The second-order valence-corrected chi connectivity index (χ2v) is 19.0. The Kier molecular flexibility index (Phi) is 13.9. The lowest BCUT2D eigenvalue weighted by molar-refractivity contribution is -0.139. The minimum Gasteiger partial charge on any atom is -0.462 e. The number of hydrogen-bond acceptors (Lipinski definition) is 4. The molecule has 4 nitrogen and oxygen atoms in total. The predicted molar refractivity (Wildman–Crippen MR) is 161 cm³/mol. The summed E-state index contributed by atoms with van der Waals surface area (Å²) in [5.41, 5.74) is 1.22. The lowest BCUT2D eigenvalue weighted by atomic mass is 9.66. The van der Waals surface area contributed by atoms with Crippen LogP contribution in [0.2, 0.25) is 24.7 Å². The Balaban J connectivity index is 1.22. The number of ether oxygens (including phenoxy) is 2. The van der Waals surface area contributed by atoms with Crippen molar-refractivity contribution < 1.29 is 19.4 Å². The second-order valence-electron chi connectivity index (χ2n) is 13.7. The largest absolute Gasteiger partial charge is 0.462 e. The SMILES string of the molecule is C=C(CO)C(=O)OCCCCCOC1CCC(C2CCC(C3CCC([Si](C)(C)CCCC)CC3)CC2)CC1. The first-order chi connectivity index (χ1) is 18.3. The fourth-order valence-corrected chi connectivity index (χ4v) is 11.6. The predicted octanol–water partition coefficient (Wildman–Crippen LogP) is 8.70. The third-order valence-corrected chi connectivity index (χ3v) is 15.2. The highest BCUT2D eigenvalue weighted by atomic mass is 28.3. The molecule has 0 saturated heterocycles. The van der Waals surface area contributed by atoms with E-state index < -0.39 is 14.0 Å². The maximum Gasteiger partial charge on any atom is 0.335 e. The zero-order valence-electron chi connectivity index (χ0n) is 25.2. The van der Waals surface area contributed by atoms with Crippen LogP contribution in [0, 0.1) is 23.7 Å². The fourth-order valence-electron chi connectivity index (χ4n) is 7.99. The van der Waals surface area contributed by atoms with Crippen LogP contribution in [-0.2, 0) is 14.3 Å². The molecule has 3 fully saturated rings. The number of hydrogen-bond donors (Lipinski definition) is 1. The van der Waals surface area contributed by atoms with E-state index in [2.05, 4.69) is 26.6 Å². The Morgan fingerprint density at radius 3 is 1.79 bits per heavy atom. The molecule has 0 bridgehead atoms. The number of unbranched alkanes of at least 4 members (excludes halogenated alkanes) is 3. The molecule has 3 aliphatic rings. The molecule has 0 aromatic rings. The molecule has 3 saturated carbocycles. The summed E-state index contributed by atoms with van der Waals surface area (Å²) < 4.78 is 11.3. The van der Waals surface area contributed by atoms with Gasteiger partial charge < -0.3 is 14.6 Å². The van der Waals surface area contributed by atoms with Gasteiger partial charge in [0.15, 0.2) is 0 Å². The molecule has 0 aromatic heterocycles. The minimum atomic E-state index is -1.00. The van der Waals surface area contributed by atoms with E-state index in [1.54, 1.807) is 18.9 Å². The van der Waals surface area contributed by atoms with Crippen molar-refractivity contribution >= 4 is 14.0 Å². The fraction of sp³-hybridized carbons (Fsp3) is 0.909. The Morgan fingerprint density at radius 2 is 1.26 bits per heavy atom. The van der Waals surface area contributed by atoms with E-state index in [-0.39, 0.29) is 12.2 Å². The van der Waals surface area contributed by atoms with Crippen molar-refractivity contribution in [1.29, 1.82) is 0 Å². The summed E-state index contributed by atoms with van der Waals surface area (Å²) in [5, 5.41) is 8.88. The number of carbonyl (C=O) groups excluding carboxylic acids is 1. The molecule has 0 heterocycles. The lowest BCUT2D eigenvalue weighted by Gasteiger charge is -2.43. The van der Waals surface area contributed by atoms with Crippen LogP contribution in [0.3, 0.4) is 0 Å². The van der Waals surface area contributed by atoms with Gasteiger partial charge in [-0.25, -0.2) is 4.79 Å². The smallest absolute Gasteiger partial charge is 0.335 e. The van der Waals surface area contributed by atoms with Crippen molar-refractivity contribution in [2.45, 2.75) is 147 Å². The number of aliphatic hydroxyl groups is 1. The Hall–Kier alpha value is -0.653. The molecule has 5 heteroatoms. The number of rotatable bonds is 15. The highest BCUT2D eigenvalue weighted by molar-refractivity contribution is 6.78. The maximum absolute atomic E-state index is 11.5. The molecule has 0 aliphatic heterocycles. The van der Waals surface area contributed by atoms with Crippen LogP contribution in [0.15, 0.2) is 12.2 Å². The second kappa shape index (κ2) is 16.6. The van der Waals surface area contributed by atoms with Gasteiger partial charge in [0, 0.05) is 6.61 Å². The van der Waals surface area contributed by atoms with Crippen molar-refractivity contribution in [2.24, 2.45) is 23.7 Å². The summed E-state index contributed by atoms with van der Waals surface area (Å²) in [6, 6.07) is 1.56. The topological polar surface area (TPSA) is 55.8 Å². The van der Waals surface area contributed by atoms with E-state index in [9.17, 15) is 4.79 Å². The van der Waals surface area contributed by atoms with Crippen LogP contribution in [0.4, 0.5) is 0 Å². The van der Waals surface area contributed by atoms with E-state index >= 15 is 0 Å². The summed E-state index contributed by atoms with van der Waals surface area (Å²) >= 11 is 0. The Bertz CT molecular complexity index is 683. The molecular formula is C33H60O4Si. The third kappa shape index (κ3) is 10.1. The van der Waals surface area contributed by atoms with Crippen molar-refractivity contribution in [3.05, 3.63) is 12.2 Å². The first-order valence-electron chi connectivity index (χ1n) is 16.4. The quantitative estimate of drug-likeness (QED) is 0.0962. The molecule has 220 valence electrons. The van der Waals surface area contributed by atoms with Gasteiger partial charge in [-0.3, -0.25) is 0 Å². The molecule has 3 rings (SSSR count). The molecule has 0 amide bonds. The molecule has 0 atom stereocenters. The standard InChI is InChI=1S/C33H60O4Si/c1-5-6-24-38(3,4)32-20-16-30(17-21-32)28-12-10-27(11-13-28)29-14-18-31(19-15-29)36-22-8-7-9-23-37-33(35)26(2)25-34/h27-32,34H,2,5-25H2,1,3-4H3. The van der Waals surface area contributed by atoms with Crippen molar-refractivity contribution in [2.75, 3.05) is 19.8 Å². The monoisotopic (exact) mass is 548 g/mol. The summed E-state index contributed by atoms with van der Waals surface area (Å²) in [5.74, 6) is 3.51. The molecule has 0 radical (unpaired) electrons. The van der Waals surface area contributed by atoms with Crippen LogP contribution in [0.1, 0.15) is 116 Å². The summed E-state index contributed by atoms with van der Waals surface area (Å²) in [6.07, 6.45) is 23.5. The van der Waals surface area contributed by atoms with Gasteiger partial charge in [0.05, 0.1) is 33.0 Å². The van der Waals surface area contributed by atoms with Gasteiger partial charge in [0.1, 0.15) is 0 Å². The molecule has 0 aromatic carbocycles. The highest BCUT2D eigenvalue weighted by Crippen LogP contribution is 2.48. The van der Waals surface area contributed by atoms with Gasteiger partial charge in [0.2, 0.25) is 0 Å². The van der Waals surface area contributed by atoms with Crippen LogP contribution in [0.25, 0.3) is 0 Å². The van der Waals surface area contributed by atoms with Gasteiger partial charge >= 0.3 is 5.97 Å². The molecule has 0 unspecified atom stereocenters. The average molecular weight is 549 g/mol. The van der Waals surface area contributed by atoms with E-state index in [4.69, 9.17) is 14.6 Å². The molecule has 1 N–H and O–H groups in total. The molecule has 0 spiro atoms. The first-order valence-corrected chi connectivity index (χ1v) is 19.7. The zero-order valence-corrected chi connectivity index (χ0v) is 26.2. The number of aliphatic hydroxyl groups excluding tert-OH is 1. The van der Waals surface area contributed by atoms with Gasteiger partial charge in [-0.1, -0.05) is 71.2 Å².